The molecule has 0 aliphatic heterocycles. The number of hydrazone groups is 1. The van der Waals surface area contributed by atoms with Crippen molar-refractivity contribution >= 4 is 12.1 Å². The van der Waals surface area contributed by atoms with Crippen molar-refractivity contribution in [3.05, 3.63) is 96.1 Å². The van der Waals surface area contributed by atoms with Crippen LogP contribution in [-0.2, 0) is 0 Å². The van der Waals surface area contributed by atoms with Crippen molar-refractivity contribution in [1.82, 2.24) is 0 Å². The molecule has 112 valence electrons. The number of nitrogens with two attached hydrogens (primary N) is 1. The lowest BCUT2D eigenvalue weighted by molar-refractivity contribution is 1.23. The Morgan fingerprint density at radius 3 is 2.09 bits per heavy atom. The van der Waals surface area contributed by atoms with Gasteiger partial charge in [0.05, 0.1) is 0 Å². The molecule has 0 unspecified atom stereocenters. The molecule has 0 aliphatic carbocycles. The van der Waals surface area contributed by atoms with E-state index < -0.39 is 0 Å². The minimum Gasteiger partial charge on any atom is -0.321 e. The first-order valence-electron chi connectivity index (χ1n) is 7.40. The van der Waals surface area contributed by atoms with Crippen LogP contribution in [0.1, 0.15) is 11.1 Å². The summed E-state index contributed by atoms with van der Waals surface area (Å²) >= 11 is 0. The number of hydrogen-bond acceptors (Lipinski definition) is 2. The molecule has 0 aliphatic rings. The average molecular weight is 299 g/mol. The van der Waals surface area contributed by atoms with Gasteiger partial charge >= 0.3 is 0 Å². The summed E-state index contributed by atoms with van der Waals surface area (Å²) < 4.78 is 0. The Kier molecular flexibility index (Phi) is 4.60. The van der Waals surface area contributed by atoms with E-state index in [1.807, 2.05) is 66.7 Å². The second-order valence-corrected chi connectivity index (χ2v) is 5.07. The van der Waals surface area contributed by atoms with Gasteiger partial charge in [0.2, 0.25) is 0 Å². The molecule has 0 spiro atoms. The predicted molar refractivity (Wildman–Crippen MR) is 96.6 cm³/mol. The summed E-state index contributed by atoms with van der Waals surface area (Å²) in [4.78, 5) is 4.42. The summed E-state index contributed by atoms with van der Waals surface area (Å²) in [5.74, 6) is 6.04. The maximum atomic E-state index is 5.53. The Balaban J connectivity index is 1.89. The monoisotopic (exact) mass is 299 g/mol. The summed E-state index contributed by atoms with van der Waals surface area (Å²) in [6.07, 6.45) is 1.76. The molecule has 3 aromatic carbocycles. The van der Waals surface area contributed by atoms with Crippen molar-refractivity contribution < 1.29 is 0 Å². The van der Waals surface area contributed by atoms with Gasteiger partial charge in [-0.25, -0.2) is 4.99 Å². The summed E-state index contributed by atoms with van der Waals surface area (Å²) in [5.41, 5.74) is 4.16. The number of benzene rings is 3. The largest absolute Gasteiger partial charge is 0.321 e. The molecule has 0 atom stereocenters. The minimum absolute atomic E-state index is 0.506. The smallest absolute Gasteiger partial charge is 0.178 e. The highest BCUT2D eigenvalue weighted by Gasteiger charge is 2.04. The van der Waals surface area contributed by atoms with E-state index in [1.165, 1.54) is 0 Å². The van der Waals surface area contributed by atoms with E-state index in [0.29, 0.717) is 5.84 Å². The number of hydrogen-bond donors (Lipinski definition) is 1. The molecule has 3 rings (SSSR count). The molecule has 0 saturated carbocycles. The van der Waals surface area contributed by atoms with Crippen molar-refractivity contribution in [3.63, 3.8) is 0 Å². The summed E-state index contributed by atoms with van der Waals surface area (Å²) in [7, 11) is 0. The van der Waals surface area contributed by atoms with Gasteiger partial charge in [-0.3, -0.25) is 0 Å². The fourth-order valence-electron chi connectivity index (χ4n) is 2.33. The first kappa shape index (κ1) is 14.7. The van der Waals surface area contributed by atoms with Crippen LogP contribution in [0.2, 0.25) is 0 Å². The number of aliphatic imine (C=N–C) groups is 1. The van der Waals surface area contributed by atoms with E-state index in [4.69, 9.17) is 5.84 Å². The van der Waals surface area contributed by atoms with Crippen molar-refractivity contribution in [1.29, 1.82) is 0 Å². The minimum atomic E-state index is 0.506. The number of nitrogens with zero attached hydrogens (tertiary/aromatic N) is 2. The zero-order valence-corrected chi connectivity index (χ0v) is 12.6. The zero-order valence-electron chi connectivity index (χ0n) is 12.6. The molecule has 2 N–H and O–H groups in total. The lowest BCUT2D eigenvalue weighted by atomic mass is 10.0. The van der Waals surface area contributed by atoms with Crippen molar-refractivity contribution in [2.75, 3.05) is 0 Å². The molecule has 0 amide bonds. The van der Waals surface area contributed by atoms with Gasteiger partial charge in [0.15, 0.2) is 5.84 Å². The maximum Gasteiger partial charge on any atom is 0.178 e. The molecule has 0 fully saturated rings. The molecule has 0 radical (unpaired) electrons. The van der Waals surface area contributed by atoms with Crippen LogP contribution >= 0.6 is 0 Å². The van der Waals surface area contributed by atoms with E-state index in [2.05, 4.69) is 28.3 Å². The Morgan fingerprint density at radius 1 is 0.739 bits per heavy atom. The van der Waals surface area contributed by atoms with Gasteiger partial charge in [-0.2, -0.15) is 5.10 Å². The second-order valence-electron chi connectivity index (χ2n) is 5.07. The van der Waals surface area contributed by atoms with Crippen LogP contribution in [-0.4, -0.2) is 12.1 Å². The Hall–Kier alpha value is -3.20. The van der Waals surface area contributed by atoms with Gasteiger partial charge in [-0.05, 0) is 22.8 Å². The molecule has 0 bridgehead atoms. The predicted octanol–water partition coefficient (Wildman–Crippen LogP) is 4.09. The Bertz CT molecular complexity index is 822. The summed E-state index contributed by atoms with van der Waals surface area (Å²) in [6.45, 7) is 0. The highest BCUT2D eigenvalue weighted by molar-refractivity contribution is 6.05. The van der Waals surface area contributed by atoms with E-state index in [-0.39, 0.29) is 0 Å². The van der Waals surface area contributed by atoms with Crippen LogP contribution < -0.4 is 5.84 Å². The van der Waals surface area contributed by atoms with Crippen LogP contribution in [0.5, 0.6) is 0 Å². The molecule has 0 aromatic heterocycles. The highest BCUT2D eigenvalue weighted by atomic mass is 15.2. The van der Waals surface area contributed by atoms with Gasteiger partial charge in [0.25, 0.3) is 0 Å². The molecule has 23 heavy (non-hydrogen) atoms. The van der Waals surface area contributed by atoms with E-state index >= 15 is 0 Å². The van der Waals surface area contributed by atoms with Crippen molar-refractivity contribution in [2.45, 2.75) is 0 Å². The van der Waals surface area contributed by atoms with Crippen molar-refractivity contribution in [3.8, 4) is 11.1 Å². The third-order valence-electron chi connectivity index (χ3n) is 3.49. The van der Waals surface area contributed by atoms with Gasteiger partial charge in [0, 0.05) is 11.8 Å². The molecule has 3 nitrogen and oxygen atoms in total. The first-order valence-corrected chi connectivity index (χ1v) is 7.40. The Labute approximate surface area is 135 Å². The van der Waals surface area contributed by atoms with E-state index in [9.17, 15) is 0 Å². The third kappa shape index (κ3) is 3.71. The number of amidine groups is 1. The highest BCUT2D eigenvalue weighted by Crippen LogP contribution is 2.20. The zero-order chi connectivity index (χ0) is 15.9. The van der Waals surface area contributed by atoms with Gasteiger partial charge in [0.1, 0.15) is 0 Å². The lowest BCUT2D eigenvalue weighted by Crippen LogP contribution is -2.02. The topological polar surface area (TPSA) is 50.7 Å². The first-order chi connectivity index (χ1) is 11.4. The fourth-order valence-corrected chi connectivity index (χ4v) is 2.33. The fraction of sp³-hybridized carbons (Fsp3) is 0. The summed E-state index contributed by atoms with van der Waals surface area (Å²) in [5, 5.41) is 3.83. The lowest BCUT2D eigenvalue weighted by Gasteiger charge is -2.05. The number of rotatable bonds is 3. The van der Waals surface area contributed by atoms with Gasteiger partial charge in [-0.1, -0.05) is 78.9 Å². The molecule has 0 saturated heterocycles. The third-order valence-corrected chi connectivity index (χ3v) is 3.49. The summed E-state index contributed by atoms with van der Waals surface area (Å²) in [6, 6.07) is 28.1. The van der Waals surface area contributed by atoms with E-state index in [1.54, 1.807) is 6.21 Å². The molecule has 3 aromatic rings. The van der Waals surface area contributed by atoms with Crippen LogP contribution in [0, 0.1) is 0 Å². The standard InChI is InChI=1S/C20H17N3/c21-23-20(22-15-16-8-3-1-4-9-16)19-13-7-12-18(14-19)17-10-5-2-6-11-17/h1-15H,21H2/b22-15?,23-20-. The van der Waals surface area contributed by atoms with E-state index in [0.717, 1.165) is 22.3 Å². The van der Waals surface area contributed by atoms with Crippen molar-refractivity contribution in [2.24, 2.45) is 15.9 Å². The quantitative estimate of drug-likeness (QED) is 0.337. The molecule has 3 heteroatoms. The van der Waals surface area contributed by atoms with Crippen LogP contribution in [0.3, 0.4) is 0 Å². The van der Waals surface area contributed by atoms with Gasteiger partial charge in [-0.15, -0.1) is 0 Å². The molecule has 0 heterocycles. The SMILES string of the molecule is N/N=C(\N=Cc1ccccc1)c1cccc(-c2ccccc2)c1. The average Bonchev–Trinajstić information content (AvgIpc) is 2.64. The van der Waals surface area contributed by atoms with Crippen LogP contribution in [0.25, 0.3) is 11.1 Å². The Morgan fingerprint density at radius 2 is 1.39 bits per heavy atom. The van der Waals surface area contributed by atoms with Crippen LogP contribution in [0.15, 0.2) is 95.0 Å². The normalized spacial score (nSPS) is 11.7. The maximum absolute atomic E-state index is 5.53. The molecular weight excluding hydrogens is 282 g/mol. The van der Waals surface area contributed by atoms with Gasteiger partial charge < -0.3 is 5.84 Å². The van der Waals surface area contributed by atoms with Crippen LogP contribution in [0.4, 0.5) is 0 Å². The second kappa shape index (κ2) is 7.18. The molecular formula is C20H17N3.